The van der Waals surface area contributed by atoms with Gasteiger partial charge in [-0.2, -0.15) is 4.31 Å². The summed E-state index contributed by atoms with van der Waals surface area (Å²) in [5.41, 5.74) is -1.11. The van der Waals surface area contributed by atoms with Gasteiger partial charge in [0.15, 0.2) is 5.76 Å². The second-order valence-electron chi connectivity index (χ2n) is 5.02. The molecule has 7 nitrogen and oxygen atoms in total. The van der Waals surface area contributed by atoms with E-state index in [0.717, 1.165) is 4.31 Å². The van der Waals surface area contributed by atoms with Crippen molar-refractivity contribution in [1.29, 1.82) is 0 Å². The highest BCUT2D eigenvalue weighted by molar-refractivity contribution is 7.89. The van der Waals surface area contributed by atoms with Crippen LogP contribution in [0.25, 0.3) is 0 Å². The van der Waals surface area contributed by atoms with E-state index in [1.807, 2.05) is 0 Å². The second kappa shape index (κ2) is 4.85. The SMILES string of the molecule is CCC1(C(=O)O)CCCN1S(=O)(=O)c1c(C)noc1C. The van der Waals surface area contributed by atoms with Gasteiger partial charge in [-0.05, 0) is 33.1 Å². The van der Waals surface area contributed by atoms with Gasteiger partial charge in [0.1, 0.15) is 16.1 Å². The van der Waals surface area contributed by atoms with Gasteiger partial charge in [0.25, 0.3) is 0 Å². The van der Waals surface area contributed by atoms with E-state index >= 15 is 0 Å². The third-order valence-electron chi connectivity index (χ3n) is 3.93. The summed E-state index contributed by atoms with van der Waals surface area (Å²) in [6.45, 7) is 4.94. The van der Waals surface area contributed by atoms with Crippen LogP contribution in [0.4, 0.5) is 0 Å². The fourth-order valence-corrected chi connectivity index (χ4v) is 5.03. The molecule has 1 aromatic rings. The molecule has 1 aliphatic rings. The van der Waals surface area contributed by atoms with Gasteiger partial charge in [0.2, 0.25) is 10.0 Å². The molecule has 1 unspecified atom stereocenters. The summed E-state index contributed by atoms with van der Waals surface area (Å²) >= 11 is 0. The van der Waals surface area contributed by atoms with E-state index in [-0.39, 0.29) is 29.3 Å². The Labute approximate surface area is 117 Å². The molecule has 1 aliphatic heterocycles. The fourth-order valence-electron chi connectivity index (χ4n) is 2.88. The van der Waals surface area contributed by atoms with Crippen LogP contribution in [0.1, 0.15) is 37.6 Å². The number of carbonyl (C=O) groups is 1. The second-order valence-corrected chi connectivity index (χ2v) is 6.82. The van der Waals surface area contributed by atoms with Crippen molar-refractivity contribution in [2.24, 2.45) is 0 Å². The lowest BCUT2D eigenvalue weighted by Gasteiger charge is -2.32. The molecule has 1 N–H and O–H groups in total. The number of carboxylic acids is 1. The number of nitrogens with zero attached hydrogens (tertiary/aromatic N) is 2. The quantitative estimate of drug-likeness (QED) is 0.900. The lowest BCUT2D eigenvalue weighted by molar-refractivity contribution is -0.147. The summed E-state index contributed by atoms with van der Waals surface area (Å²) in [6, 6.07) is 0. The Morgan fingerprint density at radius 3 is 2.60 bits per heavy atom. The first kappa shape index (κ1) is 15.0. The third kappa shape index (κ3) is 1.94. The van der Waals surface area contributed by atoms with Gasteiger partial charge >= 0.3 is 5.97 Å². The Bertz CT molecular complexity index is 617. The lowest BCUT2D eigenvalue weighted by Crippen LogP contribution is -2.52. The van der Waals surface area contributed by atoms with Crippen LogP contribution in [-0.2, 0) is 14.8 Å². The molecular formula is C12H18N2O5S. The number of hydrogen-bond donors (Lipinski definition) is 1. The molecular weight excluding hydrogens is 284 g/mol. The largest absolute Gasteiger partial charge is 0.480 e. The molecule has 0 spiro atoms. The molecule has 112 valence electrons. The lowest BCUT2D eigenvalue weighted by atomic mass is 9.95. The topological polar surface area (TPSA) is 101 Å². The molecule has 0 aliphatic carbocycles. The molecule has 0 saturated carbocycles. The first-order chi connectivity index (χ1) is 9.27. The maximum atomic E-state index is 12.8. The smallest absolute Gasteiger partial charge is 0.325 e. The Balaban J connectivity index is 2.57. The summed E-state index contributed by atoms with van der Waals surface area (Å²) < 4.78 is 31.5. The molecule has 1 saturated heterocycles. The number of hydrogen-bond acceptors (Lipinski definition) is 5. The predicted octanol–water partition coefficient (Wildman–Crippen LogP) is 1.31. The molecule has 2 rings (SSSR count). The minimum absolute atomic E-state index is 0.0153. The van der Waals surface area contributed by atoms with Gasteiger partial charge in [0.05, 0.1) is 0 Å². The van der Waals surface area contributed by atoms with Gasteiger partial charge in [-0.3, -0.25) is 4.79 Å². The van der Waals surface area contributed by atoms with Crippen LogP contribution in [-0.4, -0.2) is 41.0 Å². The van der Waals surface area contributed by atoms with Crippen LogP contribution in [0, 0.1) is 13.8 Å². The zero-order chi connectivity index (χ0) is 15.1. The van der Waals surface area contributed by atoms with E-state index in [0.29, 0.717) is 12.8 Å². The van der Waals surface area contributed by atoms with E-state index in [4.69, 9.17) is 4.52 Å². The van der Waals surface area contributed by atoms with E-state index < -0.39 is 21.5 Å². The average Bonchev–Trinajstić information content (AvgIpc) is 2.94. The number of rotatable bonds is 4. The number of aryl methyl sites for hydroxylation is 2. The Morgan fingerprint density at radius 2 is 2.15 bits per heavy atom. The van der Waals surface area contributed by atoms with Crippen molar-refractivity contribution in [1.82, 2.24) is 9.46 Å². The van der Waals surface area contributed by atoms with E-state index in [2.05, 4.69) is 5.16 Å². The maximum Gasteiger partial charge on any atom is 0.325 e. The summed E-state index contributed by atoms with van der Waals surface area (Å²) in [5.74, 6) is -0.919. The molecule has 1 atom stereocenters. The molecule has 0 amide bonds. The first-order valence-corrected chi connectivity index (χ1v) is 7.90. The number of aromatic nitrogens is 1. The molecule has 8 heteroatoms. The summed E-state index contributed by atoms with van der Waals surface area (Å²) in [5, 5.41) is 13.1. The van der Waals surface area contributed by atoms with Crippen LogP contribution in [0.3, 0.4) is 0 Å². The number of sulfonamides is 1. The van der Waals surface area contributed by atoms with Gasteiger partial charge in [-0.1, -0.05) is 12.1 Å². The van der Waals surface area contributed by atoms with Gasteiger partial charge < -0.3 is 9.63 Å². The van der Waals surface area contributed by atoms with Crippen molar-refractivity contribution in [3.63, 3.8) is 0 Å². The molecule has 2 heterocycles. The zero-order valence-electron chi connectivity index (χ0n) is 11.7. The van der Waals surface area contributed by atoms with Crippen LogP contribution in [0.5, 0.6) is 0 Å². The number of carboxylic acid groups (broad SMARTS) is 1. The zero-order valence-corrected chi connectivity index (χ0v) is 12.5. The van der Waals surface area contributed by atoms with Crippen molar-refractivity contribution in [2.45, 2.75) is 50.5 Å². The van der Waals surface area contributed by atoms with Crippen LogP contribution >= 0.6 is 0 Å². The van der Waals surface area contributed by atoms with Gasteiger partial charge in [-0.15, -0.1) is 0 Å². The van der Waals surface area contributed by atoms with Crippen molar-refractivity contribution in [2.75, 3.05) is 6.54 Å². The van der Waals surface area contributed by atoms with Gasteiger partial charge in [-0.25, -0.2) is 8.42 Å². The summed E-state index contributed by atoms with van der Waals surface area (Å²) in [6.07, 6.45) is 1.08. The molecule has 1 aromatic heterocycles. The third-order valence-corrected chi connectivity index (χ3v) is 6.14. The monoisotopic (exact) mass is 302 g/mol. The molecule has 1 fully saturated rings. The number of aliphatic carboxylic acids is 1. The molecule has 0 radical (unpaired) electrons. The highest BCUT2D eigenvalue weighted by Crippen LogP contribution is 2.38. The predicted molar refractivity (Wildman–Crippen MR) is 69.8 cm³/mol. The van der Waals surface area contributed by atoms with Crippen molar-refractivity contribution >= 4 is 16.0 Å². The van der Waals surface area contributed by atoms with Crippen LogP contribution < -0.4 is 0 Å². The Kier molecular flexibility index (Phi) is 3.64. The normalized spacial score (nSPS) is 24.1. The van der Waals surface area contributed by atoms with E-state index in [1.165, 1.54) is 13.8 Å². The van der Waals surface area contributed by atoms with E-state index in [1.54, 1.807) is 6.92 Å². The maximum absolute atomic E-state index is 12.8. The molecule has 20 heavy (non-hydrogen) atoms. The Morgan fingerprint density at radius 1 is 1.50 bits per heavy atom. The minimum atomic E-state index is -3.93. The van der Waals surface area contributed by atoms with Crippen molar-refractivity contribution < 1.29 is 22.8 Å². The fraction of sp³-hybridized carbons (Fsp3) is 0.667. The highest BCUT2D eigenvalue weighted by Gasteiger charge is 2.53. The molecule has 0 bridgehead atoms. The van der Waals surface area contributed by atoms with Crippen molar-refractivity contribution in [3.05, 3.63) is 11.5 Å². The van der Waals surface area contributed by atoms with Crippen LogP contribution in [0.15, 0.2) is 9.42 Å². The average molecular weight is 302 g/mol. The highest BCUT2D eigenvalue weighted by atomic mass is 32.2. The van der Waals surface area contributed by atoms with E-state index in [9.17, 15) is 18.3 Å². The standard InChI is InChI=1S/C12H18N2O5S/c1-4-12(11(15)16)6-5-7-14(12)20(17,18)10-8(2)13-19-9(10)3/h4-7H2,1-3H3,(H,15,16). The molecule has 0 aromatic carbocycles. The summed E-state index contributed by atoms with van der Waals surface area (Å²) in [7, 11) is -3.93. The minimum Gasteiger partial charge on any atom is -0.480 e. The summed E-state index contributed by atoms with van der Waals surface area (Å²) in [4.78, 5) is 11.6. The Hall–Kier alpha value is -1.41. The van der Waals surface area contributed by atoms with Crippen LogP contribution in [0.2, 0.25) is 0 Å². The van der Waals surface area contributed by atoms with Crippen molar-refractivity contribution in [3.8, 4) is 0 Å². The van der Waals surface area contributed by atoms with Gasteiger partial charge in [0, 0.05) is 6.54 Å². The first-order valence-electron chi connectivity index (χ1n) is 6.46.